The standard InChI is InChI=1S/C27H20Cl3NO4S/c1-2-34-27(33)23-24(32)22(36-26(23)31-19-6-4-3-5-7-19)14-17-12-20(29)25(21(30)13-17)35-15-16-8-10-18(28)11-9-16/h3-14,32H,2,15H2,1H3/b22-14-,31-26?. The molecule has 1 aliphatic rings. The van der Waals surface area contributed by atoms with Crippen molar-refractivity contribution in [2.45, 2.75) is 13.5 Å². The van der Waals surface area contributed by atoms with Crippen LogP contribution in [0.2, 0.25) is 15.1 Å². The first-order valence-corrected chi connectivity index (χ1v) is 12.8. The molecule has 4 rings (SSSR count). The molecule has 0 radical (unpaired) electrons. The van der Waals surface area contributed by atoms with Gasteiger partial charge in [0.1, 0.15) is 23.0 Å². The number of carbonyl (C=O) groups is 1. The minimum Gasteiger partial charge on any atom is -0.506 e. The zero-order valence-electron chi connectivity index (χ0n) is 19.0. The number of benzene rings is 3. The first kappa shape index (κ1) is 26.2. The van der Waals surface area contributed by atoms with E-state index in [0.29, 0.717) is 42.0 Å². The van der Waals surface area contributed by atoms with E-state index in [9.17, 15) is 9.90 Å². The SMILES string of the molecule is CCOC(=O)C1=C(O)/C(=C/c2cc(Cl)c(OCc3ccc(Cl)cc3)c(Cl)c2)SC1=Nc1ccccc1. The van der Waals surface area contributed by atoms with E-state index in [1.165, 1.54) is 0 Å². The van der Waals surface area contributed by atoms with Crippen LogP contribution in [0.5, 0.6) is 5.75 Å². The van der Waals surface area contributed by atoms with Gasteiger partial charge in [0.05, 0.1) is 27.2 Å². The van der Waals surface area contributed by atoms with E-state index in [0.717, 1.165) is 17.3 Å². The Balaban J connectivity index is 1.62. The first-order valence-electron chi connectivity index (χ1n) is 10.9. The fraction of sp³-hybridized carbons (Fsp3) is 0.111. The Kier molecular flexibility index (Phi) is 8.64. The average Bonchev–Trinajstić information content (AvgIpc) is 3.14. The Morgan fingerprint density at radius 1 is 1.03 bits per heavy atom. The van der Waals surface area contributed by atoms with E-state index >= 15 is 0 Å². The smallest absolute Gasteiger partial charge is 0.344 e. The van der Waals surface area contributed by atoms with Crippen LogP contribution in [0, 0.1) is 0 Å². The molecule has 9 heteroatoms. The van der Waals surface area contributed by atoms with Crippen molar-refractivity contribution in [1.29, 1.82) is 0 Å². The van der Waals surface area contributed by atoms with Gasteiger partial charge in [-0.25, -0.2) is 9.79 Å². The maximum absolute atomic E-state index is 12.6. The highest BCUT2D eigenvalue weighted by Gasteiger charge is 2.33. The van der Waals surface area contributed by atoms with Crippen LogP contribution in [0.3, 0.4) is 0 Å². The van der Waals surface area contributed by atoms with Crippen LogP contribution in [0.1, 0.15) is 18.1 Å². The Hall–Kier alpha value is -2.90. The van der Waals surface area contributed by atoms with Crippen molar-refractivity contribution in [1.82, 2.24) is 0 Å². The van der Waals surface area contributed by atoms with Crippen LogP contribution in [-0.2, 0) is 16.1 Å². The molecule has 0 amide bonds. The molecule has 1 N–H and O–H groups in total. The number of aliphatic hydroxyl groups excluding tert-OH is 1. The average molecular weight is 561 g/mol. The highest BCUT2D eigenvalue weighted by molar-refractivity contribution is 8.18. The number of aliphatic imine (C=N–C) groups is 1. The van der Waals surface area contributed by atoms with Crippen LogP contribution in [0.15, 0.2) is 88.0 Å². The Morgan fingerprint density at radius 2 is 1.69 bits per heavy atom. The predicted octanol–water partition coefficient (Wildman–Crippen LogP) is 8.42. The highest BCUT2D eigenvalue weighted by atomic mass is 35.5. The van der Waals surface area contributed by atoms with Crippen molar-refractivity contribution in [3.63, 3.8) is 0 Å². The van der Waals surface area contributed by atoms with Gasteiger partial charge in [-0.2, -0.15) is 0 Å². The molecule has 0 bridgehead atoms. The van der Waals surface area contributed by atoms with Gasteiger partial charge in [-0.05, 0) is 60.5 Å². The number of para-hydroxylation sites is 1. The summed E-state index contributed by atoms with van der Waals surface area (Å²) in [5.41, 5.74) is 2.18. The fourth-order valence-corrected chi connectivity index (χ4v) is 5.07. The second-order valence-electron chi connectivity index (χ2n) is 7.54. The van der Waals surface area contributed by atoms with Gasteiger partial charge in [0.25, 0.3) is 0 Å². The zero-order chi connectivity index (χ0) is 25.7. The molecule has 0 unspecified atom stereocenters. The lowest BCUT2D eigenvalue weighted by molar-refractivity contribution is -0.138. The van der Waals surface area contributed by atoms with Gasteiger partial charge in [0.15, 0.2) is 5.75 Å². The molecule has 3 aromatic carbocycles. The van der Waals surface area contributed by atoms with Crippen molar-refractivity contribution in [3.8, 4) is 5.75 Å². The number of halogens is 3. The summed E-state index contributed by atoms with van der Waals surface area (Å²) >= 11 is 20.0. The van der Waals surface area contributed by atoms with E-state index in [-0.39, 0.29) is 24.5 Å². The van der Waals surface area contributed by atoms with Gasteiger partial charge in [-0.1, -0.05) is 76.9 Å². The number of hydrogen-bond donors (Lipinski definition) is 1. The number of thioether (sulfide) groups is 1. The summed E-state index contributed by atoms with van der Waals surface area (Å²) in [6, 6.07) is 19.7. The third kappa shape index (κ3) is 6.26. The van der Waals surface area contributed by atoms with E-state index < -0.39 is 5.97 Å². The minimum atomic E-state index is -0.650. The van der Waals surface area contributed by atoms with Gasteiger partial charge in [0, 0.05) is 5.02 Å². The normalized spacial score (nSPS) is 15.6. The van der Waals surface area contributed by atoms with Crippen LogP contribution < -0.4 is 4.74 Å². The molecule has 1 heterocycles. The number of aliphatic hydroxyl groups is 1. The third-order valence-corrected chi connectivity index (χ3v) is 6.81. The molecule has 0 fully saturated rings. The molecule has 5 nitrogen and oxygen atoms in total. The molecule has 0 saturated heterocycles. The number of carbonyl (C=O) groups excluding carboxylic acids is 1. The Morgan fingerprint density at radius 3 is 2.33 bits per heavy atom. The fourth-order valence-electron chi connectivity index (χ4n) is 3.30. The van der Waals surface area contributed by atoms with Crippen LogP contribution in [0.25, 0.3) is 6.08 Å². The number of rotatable bonds is 7. The maximum atomic E-state index is 12.6. The molecule has 0 aliphatic carbocycles. The minimum absolute atomic E-state index is 0.0112. The number of hydrogen-bond acceptors (Lipinski definition) is 6. The van der Waals surface area contributed by atoms with E-state index in [1.807, 2.05) is 30.3 Å². The van der Waals surface area contributed by atoms with Crippen molar-refractivity contribution in [2.75, 3.05) is 6.61 Å². The number of nitrogens with zero attached hydrogens (tertiary/aromatic N) is 1. The van der Waals surface area contributed by atoms with Crippen LogP contribution in [-0.4, -0.2) is 22.7 Å². The third-order valence-electron chi connectivity index (χ3n) is 4.97. The molecule has 3 aromatic rings. The van der Waals surface area contributed by atoms with E-state index in [4.69, 9.17) is 44.3 Å². The quantitative estimate of drug-likeness (QED) is 0.294. The molecule has 184 valence electrons. The highest BCUT2D eigenvalue weighted by Crippen LogP contribution is 2.42. The Labute approximate surface area is 228 Å². The molecular formula is C27H20Cl3NO4S. The summed E-state index contributed by atoms with van der Waals surface area (Å²) in [6.07, 6.45) is 1.67. The molecule has 0 saturated carbocycles. The molecule has 36 heavy (non-hydrogen) atoms. The molecule has 0 spiro atoms. The zero-order valence-corrected chi connectivity index (χ0v) is 22.1. The lowest BCUT2D eigenvalue weighted by Crippen LogP contribution is -2.12. The van der Waals surface area contributed by atoms with Gasteiger partial charge in [-0.3, -0.25) is 0 Å². The van der Waals surface area contributed by atoms with Crippen molar-refractivity contribution in [2.24, 2.45) is 4.99 Å². The lowest BCUT2D eigenvalue weighted by atomic mass is 10.1. The van der Waals surface area contributed by atoms with Gasteiger partial charge in [-0.15, -0.1) is 0 Å². The molecule has 0 aromatic heterocycles. The predicted molar refractivity (Wildman–Crippen MR) is 148 cm³/mol. The molecule has 1 aliphatic heterocycles. The summed E-state index contributed by atoms with van der Waals surface area (Å²) in [5.74, 6) is -0.529. The topological polar surface area (TPSA) is 68.1 Å². The van der Waals surface area contributed by atoms with Crippen molar-refractivity contribution in [3.05, 3.63) is 109 Å². The largest absolute Gasteiger partial charge is 0.506 e. The molecule has 0 atom stereocenters. The summed E-state index contributed by atoms with van der Waals surface area (Å²) < 4.78 is 11.0. The first-order chi connectivity index (χ1) is 17.4. The Bertz CT molecular complexity index is 1350. The van der Waals surface area contributed by atoms with E-state index in [2.05, 4.69) is 4.99 Å². The van der Waals surface area contributed by atoms with Crippen LogP contribution in [0.4, 0.5) is 5.69 Å². The second-order valence-corrected chi connectivity index (χ2v) is 9.82. The number of esters is 1. The number of ether oxygens (including phenoxy) is 2. The monoisotopic (exact) mass is 559 g/mol. The summed E-state index contributed by atoms with van der Waals surface area (Å²) in [4.78, 5) is 17.5. The molecular weight excluding hydrogens is 541 g/mol. The summed E-state index contributed by atoms with van der Waals surface area (Å²) in [7, 11) is 0. The van der Waals surface area contributed by atoms with Gasteiger partial charge >= 0.3 is 5.97 Å². The van der Waals surface area contributed by atoms with Crippen molar-refractivity contribution < 1.29 is 19.4 Å². The second kappa shape index (κ2) is 11.9. The van der Waals surface area contributed by atoms with Crippen molar-refractivity contribution >= 4 is 69.3 Å². The van der Waals surface area contributed by atoms with Crippen LogP contribution >= 0.6 is 46.6 Å². The summed E-state index contributed by atoms with van der Waals surface area (Å²) in [6.45, 7) is 2.13. The lowest BCUT2D eigenvalue weighted by Gasteiger charge is -2.11. The van der Waals surface area contributed by atoms with Gasteiger partial charge < -0.3 is 14.6 Å². The maximum Gasteiger partial charge on any atom is 0.344 e. The van der Waals surface area contributed by atoms with E-state index in [1.54, 1.807) is 49.4 Å². The van der Waals surface area contributed by atoms with Gasteiger partial charge in [0.2, 0.25) is 0 Å². The summed E-state index contributed by atoms with van der Waals surface area (Å²) in [5, 5.41) is 12.5.